The van der Waals surface area contributed by atoms with Crippen LogP contribution in [0.15, 0.2) is 81.7 Å². The molecule has 2 aliphatic rings. The van der Waals surface area contributed by atoms with E-state index in [4.69, 9.17) is 0 Å². The first-order valence-electron chi connectivity index (χ1n) is 10.0. The Morgan fingerprint density at radius 2 is 0.879 bits per heavy atom. The molecule has 160 valence electrons. The van der Waals surface area contributed by atoms with Crippen LogP contribution in [0.25, 0.3) is 22.3 Å². The molecule has 0 heterocycles. The maximum absolute atomic E-state index is 11.7. The van der Waals surface area contributed by atoms with Gasteiger partial charge in [-0.1, -0.05) is 44.0 Å². The standard InChI is InChI=1S/C25H12Br2N2O4/c26-13-1-5-17-19-7-3-15(28(30)31)11-23(19)25(21(17)9-13)22-10-14(27)2-6-18(22)20-8-4-16(29(32)33)12-24(20)25/h1-12H. The molecule has 0 saturated heterocycles. The summed E-state index contributed by atoms with van der Waals surface area (Å²) in [7, 11) is 0. The number of non-ortho nitro benzene ring substituents is 2. The Balaban J connectivity index is 1.85. The van der Waals surface area contributed by atoms with Crippen LogP contribution in [0, 0.1) is 20.2 Å². The van der Waals surface area contributed by atoms with Gasteiger partial charge in [-0.2, -0.15) is 0 Å². The second-order valence-corrected chi connectivity index (χ2v) is 9.94. The van der Waals surface area contributed by atoms with Gasteiger partial charge >= 0.3 is 0 Å². The molecule has 0 aliphatic heterocycles. The number of nitro groups is 2. The summed E-state index contributed by atoms with van der Waals surface area (Å²) in [6, 6.07) is 21.7. The predicted molar refractivity (Wildman–Crippen MR) is 131 cm³/mol. The van der Waals surface area contributed by atoms with Crippen LogP contribution < -0.4 is 0 Å². The highest BCUT2D eigenvalue weighted by Crippen LogP contribution is 2.64. The first-order chi connectivity index (χ1) is 15.8. The van der Waals surface area contributed by atoms with Crippen LogP contribution in [0.5, 0.6) is 0 Å². The summed E-state index contributed by atoms with van der Waals surface area (Å²) in [5, 5.41) is 23.4. The number of benzene rings is 4. The number of nitro benzene ring substituents is 2. The summed E-state index contributed by atoms with van der Waals surface area (Å²) in [6.45, 7) is 0. The van der Waals surface area contributed by atoms with Crippen LogP contribution in [-0.2, 0) is 5.41 Å². The van der Waals surface area contributed by atoms with Crippen molar-refractivity contribution >= 4 is 43.2 Å². The topological polar surface area (TPSA) is 86.3 Å². The zero-order valence-corrected chi connectivity index (χ0v) is 19.9. The molecule has 0 N–H and O–H groups in total. The van der Waals surface area contributed by atoms with Gasteiger partial charge < -0.3 is 0 Å². The highest BCUT2D eigenvalue weighted by atomic mass is 79.9. The fraction of sp³-hybridized carbons (Fsp3) is 0.0400. The van der Waals surface area contributed by atoms with Crippen LogP contribution in [0.3, 0.4) is 0 Å². The third kappa shape index (κ3) is 2.59. The highest BCUT2D eigenvalue weighted by molar-refractivity contribution is 9.10. The van der Waals surface area contributed by atoms with E-state index in [1.807, 2.05) is 36.4 Å². The van der Waals surface area contributed by atoms with Crippen LogP contribution in [0.2, 0.25) is 0 Å². The number of halogens is 2. The lowest BCUT2D eigenvalue weighted by Crippen LogP contribution is -2.26. The molecule has 4 aromatic rings. The van der Waals surface area contributed by atoms with E-state index in [9.17, 15) is 20.2 Å². The van der Waals surface area contributed by atoms with E-state index in [0.29, 0.717) is 0 Å². The van der Waals surface area contributed by atoms with E-state index in [1.165, 1.54) is 12.1 Å². The Morgan fingerprint density at radius 1 is 0.545 bits per heavy atom. The molecule has 0 unspecified atom stereocenters. The average molecular weight is 564 g/mol. The van der Waals surface area contributed by atoms with E-state index in [-0.39, 0.29) is 11.4 Å². The molecule has 1 spiro atoms. The van der Waals surface area contributed by atoms with Gasteiger partial charge in [-0.3, -0.25) is 20.2 Å². The lowest BCUT2D eigenvalue weighted by molar-refractivity contribution is -0.385. The summed E-state index contributed by atoms with van der Waals surface area (Å²) in [5.74, 6) is 0. The zero-order valence-electron chi connectivity index (χ0n) is 16.7. The van der Waals surface area contributed by atoms with Crippen molar-refractivity contribution in [2.75, 3.05) is 0 Å². The maximum Gasteiger partial charge on any atom is 0.269 e. The van der Waals surface area contributed by atoms with Crippen LogP contribution in [0.1, 0.15) is 22.3 Å². The van der Waals surface area contributed by atoms with Crippen LogP contribution in [-0.4, -0.2) is 9.85 Å². The molecule has 8 heteroatoms. The van der Waals surface area contributed by atoms with E-state index in [2.05, 4.69) is 31.9 Å². The first kappa shape index (κ1) is 20.3. The molecule has 6 nitrogen and oxygen atoms in total. The van der Waals surface area contributed by atoms with Crippen molar-refractivity contribution < 1.29 is 9.85 Å². The smallest absolute Gasteiger partial charge is 0.258 e. The molecule has 0 bridgehead atoms. The normalized spacial score (nSPS) is 13.9. The van der Waals surface area contributed by atoms with Gasteiger partial charge in [0.2, 0.25) is 0 Å². The van der Waals surface area contributed by atoms with Gasteiger partial charge in [0.05, 0.1) is 15.3 Å². The zero-order chi connectivity index (χ0) is 23.1. The third-order valence-electron chi connectivity index (χ3n) is 6.59. The second-order valence-electron chi connectivity index (χ2n) is 8.10. The molecule has 0 saturated carbocycles. The quantitative estimate of drug-likeness (QED) is 0.162. The summed E-state index contributed by atoms with van der Waals surface area (Å²) in [6.07, 6.45) is 0. The fourth-order valence-corrected chi connectivity index (χ4v) is 6.10. The molecule has 0 fully saturated rings. The average Bonchev–Trinajstić information content (AvgIpc) is 3.24. The molecular formula is C25H12Br2N2O4. The fourth-order valence-electron chi connectivity index (χ4n) is 5.38. The SMILES string of the molecule is O=[N+]([O-])c1ccc2c(c1)C1(c3cc(Br)ccc3-2)c2cc(Br)ccc2-c2ccc([N+](=O)[O-])cc21. The number of rotatable bonds is 2. The summed E-state index contributed by atoms with van der Waals surface area (Å²) in [4.78, 5) is 22.6. The minimum absolute atomic E-state index is 0.0181. The Bertz CT molecular complexity index is 1450. The lowest BCUT2D eigenvalue weighted by atomic mass is 9.70. The van der Waals surface area contributed by atoms with E-state index >= 15 is 0 Å². The summed E-state index contributed by atoms with van der Waals surface area (Å²) < 4.78 is 1.72. The molecule has 33 heavy (non-hydrogen) atoms. The van der Waals surface area contributed by atoms with Gasteiger partial charge in [0.1, 0.15) is 0 Å². The van der Waals surface area contributed by atoms with Gasteiger partial charge in [0.25, 0.3) is 11.4 Å². The van der Waals surface area contributed by atoms with Gasteiger partial charge in [-0.05, 0) is 80.9 Å². The molecule has 2 aliphatic carbocycles. The Labute approximate surface area is 204 Å². The van der Waals surface area contributed by atoms with Crippen molar-refractivity contribution in [3.05, 3.63) is 124 Å². The van der Waals surface area contributed by atoms with Crippen LogP contribution in [0.4, 0.5) is 11.4 Å². The van der Waals surface area contributed by atoms with Crippen molar-refractivity contribution in [1.82, 2.24) is 0 Å². The number of hydrogen-bond donors (Lipinski definition) is 0. The van der Waals surface area contributed by atoms with Gasteiger partial charge in [-0.25, -0.2) is 0 Å². The molecule has 0 radical (unpaired) electrons. The number of nitrogens with zero attached hydrogens (tertiary/aromatic N) is 2. The number of hydrogen-bond acceptors (Lipinski definition) is 4. The van der Waals surface area contributed by atoms with Gasteiger partial charge in [0, 0.05) is 33.2 Å². The largest absolute Gasteiger partial charge is 0.269 e. The van der Waals surface area contributed by atoms with Crippen LogP contribution >= 0.6 is 31.9 Å². The van der Waals surface area contributed by atoms with Crippen molar-refractivity contribution in [2.24, 2.45) is 0 Å². The molecule has 6 rings (SSSR count). The molecule has 4 aromatic carbocycles. The third-order valence-corrected chi connectivity index (χ3v) is 7.57. The minimum atomic E-state index is -0.916. The van der Waals surface area contributed by atoms with E-state index < -0.39 is 15.3 Å². The van der Waals surface area contributed by atoms with Gasteiger partial charge in [0.15, 0.2) is 0 Å². The Kier molecular flexibility index (Phi) is 4.19. The molecule has 0 amide bonds. The van der Waals surface area contributed by atoms with Crippen molar-refractivity contribution in [3.8, 4) is 22.3 Å². The maximum atomic E-state index is 11.7. The van der Waals surface area contributed by atoms with E-state index in [0.717, 1.165) is 53.5 Å². The summed E-state index contributed by atoms with van der Waals surface area (Å²) in [5.41, 5.74) is 6.10. The monoisotopic (exact) mass is 562 g/mol. The van der Waals surface area contributed by atoms with Gasteiger partial charge in [-0.15, -0.1) is 0 Å². The molecule has 0 atom stereocenters. The predicted octanol–water partition coefficient (Wildman–Crippen LogP) is 7.37. The number of fused-ring (bicyclic) bond motifs is 10. The molecule has 0 aromatic heterocycles. The van der Waals surface area contributed by atoms with Crippen molar-refractivity contribution in [2.45, 2.75) is 5.41 Å². The first-order valence-corrected chi connectivity index (χ1v) is 11.6. The summed E-state index contributed by atoms with van der Waals surface area (Å²) >= 11 is 7.17. The second kappa shape index (κ2) is 6.82. The highest BCUT2D eigenvalue weighted by Gasteiger charge is 2.53. The van der Waals surface area contributed by atoms with E-state index in [1.54, 1.807) is 24.3 Å². The van der Waals surface area contributed by atoms with Crippen molar-refractivity contribution in [3.63, 3.8) is 0 Å². The Morgan fingerprint density at radius 3 is 1.24 bits per heavy atom. The minimum Gasteiger partial charge on any atom is -0.258 e. The Hall–Kier alpha value is -3.36. The van der Waals surface area contributed by atoms with Crippen molar-refractivity contribution in [1.29, 1.82) is 0 Å². The molecular weight excluding hydrogens is 552 g/mol. The lowest BCUT2D eigenvalue weighted by Gasteiger charge is -2.30.